The van der Waals surface area contributed by atoms with Crippen LogP contribution in [0.25, 0.3) is 0 Å². The molecule has 0 radical (unpaired) electrons. The molecule has 2 amide bonds. The van der Waals surface area contributed by atoms with Crippen molar-refractivity contribution in [3.05, 3.63) is 29.8 Å². The Morgan fingerprint density at radius 1 is 1.08 bits per heavy atom. The summed E-state index contributed by atoms with van der Waals surface area (Å²) >= 11 is 0. The largest absolute Gasteiger partial charge is 0.392 e. The first kappa shape index (κ1) is 19.8. The Balaban J connectivity index is 2.64. The van der Waals surface area contributed by atoms with Gasteiger partial charge in [0.2, 0.25) is 11.8 Å². The number of hydrogen-bond acceptors (Lipinski definition) is 4. The lowest BCUT2D eigenvalue weighted by molar-refractivity contribution is -0.130. The molecule has 0 unspecified atom stereocenters. The lowest BCUT2D eigenvalue weighted by Gasteiger charge is -2.22. The lowest BCUT2D eigenvalue weighted by Crippen LogP contribution is -2.44. The minimum atomic E-state index is -0.582. The van der Waals surface area contributed by atoms with Gasteiger partial charge in [-0.3, -0.25) is 14.4 Å². The number of nitrogens with one attached hydrogen (secondary N) is 2. The van der Waals surface area contributed by atoms with Gasteiger partial charge in [0.05, 0.1) is 12.6 Å². The van der Waals surface area contributed by atoms with Crippen molar-refractivity contribution in [1.29, 1.82) is 0 Å². The zero-order valence-electron chi connectivity index (χ0n) is 14.6. The molecule has 3 N–H and O–H groups in total. The van der Waals surface area contributed by atoms with Crippen LogP contribution in [0.2, 0.25) is 0 Å². The molecule has 1 rings (SSSR count). The highest BCUT2D eigenvalue weighted by molar-refractivity contribution is 5.97. The first-order valence-corrected chi connectivity index (χ1v) is 8.05. The Morgan fingerprint density at radius 3 is 2.12 bits per heavy atom. The Morgan fingerprint density at radius 2 is 1.67 bits per heavy atom. The van der Waals surface area contributed by atoms with Crippen LogP contribution in [-0.4, -0.2) is 28.7 Å². The van der Waals surface area contributed by atoms with Crippen LogP contribution in [0.15, 0.2) is 24.3 Å². The number of carbonyl (C=O) groups is 3. The number of carbonyl (C=O) groups excluding carboxylic acids is 3. The van der Waals surface area contributed by atoms with E-state index in [-0.39, 0.29) is 36.5 Å². The molecule has 0 aliphatic heterocycles. The molecular formula is C18H26N2O4. The molecule has 1 aromatic carbocycles. The molecule has 0 aliphatic carbocycles. The number of aliphatic hydroxyl groups is 1. The fourth-order valence-electron chi connectivity index (χ4n) is 2.32. The van der Waals surface area contributed by atoms with Crippen LogP contribution in [0.3, 0.4) is 0 Å². The zero-order valence-corrected chi connectivity index (χ0v) is 14.6. The molecular weight excluding hydrogens is 308 g/mol. The van der Waals surface area contributed by atoms with Crippen LogP contribution in [0.1, 0.15) is 39.7 Å². The number of amides is 2. The Hall–Kier alpha value is -2.21. The second-order valence-corrected chi connectivity index (χ2v) is 6.34. The fraction of sp³-hybridized carbons (Fsp3) is 0.500. The summed E-state index contributed by atoms with van der Waals surface area (Å²) in [7, 11) is 0. The first-order chi connectivity index (χ1) is 11.2. The van der Waals surface area contributed by atoms with Crippen molar-refractivity contribution in [2.45, 2.75) is 46.8 Å². The average molecular weight is 334 g/mol. The summed E-state index contributed by atoms with van der Waals surface area (Å²) in [6, 6.07) is 6.26. The van der Waals surface area contributed by atoms with Gasteiger partial charge in [-0.15, -0.1) is 0 Å². The maximum atomic E-state index is 12.3. The van der Waals surface area contributed by atoms with E-state index < -0.39 is 12.0 Å². The second kappa shape index (κ2) is 9.17. The van der Waals surface area contributed by atoms with E-state index in [1.165, 1.54) is 6.92 Å². The number of rotatable bonds is 8. The molecule has 0 saturated heterocycles. The summed E-state index contributed by atoms with van der Waals surface area (Å²) in [5, 5.41) is 14.4. The molecule has 1 aromatic rings. The van der Waals surface area contributed by atoms with Gasteiger partial charge in [-0.2, -0.15) is 0 Å². The summed E-state index contributed by atoms with van der Waals surface area (Å²) in [4.78, 5) is 35.8. The van der Waals surface area contributed by atoms with Crippen molar-refractivity contribution in [3.63, 3.8) is 0 Å². The highest BCUT2D eigenvalue weighted by atomic mass is 16.3. The van der Waals surface area contributed by atoms with Gasteiger partial charge >= 0.3 is 0 Å². The molecule has 0 heterocycles. The van der Waals surface area contributed by atoms with Gasteiger partial charge in [0, 0.05) is 24.9 Å². The van der Waals surface area contributed by atoms with Crippen LogP contribution < -0.4 is 10.6 Å². The van der Waals surface area contributed by atoms with E-state index in [9.17, 15) is 14.4 Å². The van der Waals surface area contributed by atoms with Gasteiger partial charge in [-0.25, -0.2) is 0 Å². The predicted molar refractivity (Wildman–Crippen MR) is 92.2 cm³/mol. The quantitative estimate of drug-likeness (QED) is 0.676. The van der Waals surface area contributed by atoms with E-state index in [0.29, 0.717) is 5.69 Å². The van der Waals surface area contributed by atoms with Crippen molar-refractivity contribution in [1.82, 2.24) is 5.32 Å². The maximum absolute atomic E-state index is 12.3. The van der Waals surface area contributed by atoms with Gasteiger partial charge in [-0.1, -0.05) is 32.9 Å². The molecule has 2 atom stereocenters. The van der Waals surface area contributed by atoms with Gasteiger partial charge in [0.25, 0.3) is 0 Å². The van der Waals surface area contributed by atoms with E-state index in [4.69, 9.17) is 5.11 Å². The predicted octanol–water partition coefficient (Wildman–Crippen LogP) is 1.87. The minimum Gasteiger partial charge on any atom is -0.392 e. The number of Topliss-reactive ketones (excluding diaryl/α,β-unsaturated/α-hetero) is 1. The van der Waals surface area contributed by atoms with Crippen LogP contribution in [-0.2, 0) is 21.0 Å². The van der Waals surface area contributed by atoms with Crippen molar-refractivity contribution in [2.24, 2.45) is 11.8 Å². The molecule has 6 nitrogen and oxygen atoms in total. The number of aliphatic hydroxyl groups excluding tert-OH is 1. The third kappa shape index (κ3) is 6.12. The van der Waals surface area contributed by atoms with E-state index >= 15 is 0 Å². The molecule has 0 spiro atoms. The second-order valence-electron chi connectivity index (χ2n) is 6.34. The Labute approximate surface area is 142 Å². The Kier molecular flexibility index (Phi) is 7.58. The van der Waals surface area contributed by atoms with E-state index in [2.05, 4.69) is 10.6 Å². The Bertz CT molecular complexity index is 581. The van der Waals surface area contributed by atoms with Crippen LogP contribution in [0, 0.1) is 11.8 Å². The molecule has 0 fully saturated rings. The lowest BCUT2D eigenvalue weighted by atomic mass is 9.93. The monoisotopic (exact) mass is 334 g/mol. The molecule has 0 bridgehead atoms. The van der Waals surface area contributed by atoms with Gasteiger partial charge in [0.1, 0.15) is 0 Å². The topological polar surface area (TPSA) is 95.5 Å². The van der Waals surface area contributed by atoms with Crippen molar-refractivity contribution in [2.75, 3.05) is 5.32 Å². The van der Waals surface area contributed by atoms with Gasteiger partial charge in [0.15, 0.2) is 5.78 Å². The molecule has 0 aliphatic rings. The van der Waals surface area contributed by atoms with Crippen LogP contribution in [0.5, 0.6) is 0 Å². The third-order valence-corrected chi connectivity index (χ3v) is 3.73. The number of benzene rings is 1. The summed E-state index contributed by atoms with van der Waals surface area (Å²) in [6.45, 7) is 6.70. The summed E-state index contributed by atoms with van der Waals surface area (Å²) in [6.07, 6.45) is 0.0592. The van der Waals surface area contributed by atoms with E-state index in [0.717, 1.165) is 5.56 Å². The maximum Gasteiger partial charge on any atom is 0.227 e. The van der Waals surface area contributed by atoms with Gasteiger partial charge < -0.3 is 15.7 Å². The van der Waals surface area contributed by atoms with E-state index in [1.54, 1.807) is 31.2 Å². The molecule has 132 valence electrons. The van der Waals surface area contributed by atoms with Crippen molar-refractivity contribution in [3.8, 4) is 0 Å². The SMILES string of the molecule is CC(=O)N[C@H](C(=O)C[C@@H](C)C(=O)Nc1ccc(CO)cc1)C(C)C. The third-order valence-electron chi connectivity index (χ3n) is 3.73. The normalized spacial score (nSPS) is 13.2. The number of anilines is 1. The molecule has 0 saturated carbocycles. The number of hydrogen-bond donors (Lipinski definition) is 3. The van der Waals surface area contributed by atoms with Crippen molar-refractivity contribution >= 4 is 23.3 Å². The standard InChI is InChI=1S/C18H26N2O4/c1-11(2)17(19-13(4)22)16(23)9-12(3)18(24)20-15-7-5-14(10-21)6-8-15/h5-8,11-12,17,21H,9-10H2,1-4H3,(H,19,22)(H,20,24)/t12-,17+/m1/s1. The van der Waals surface area contributed by atoms with E-state index in [1.807, 2.05) is 13.8 Å². The smallest absolute Gasteiger partial charge is 0.227 e. The molecule has 6 heteroatoms. The molecule has 0 aromatic heterocycles. The van der Waals surface area contributed by atoms with Gasteiger partial charge in [-0.05, 0) is 23.6 Å². The highest BCUT2D eigenvalue weighted by Crippen LogP contribution is 2.15. The average Bonchev–Trinajstić information content (AvgIpc) is 2.52. The zero-order chi connectivity index (χ0) is 18.3. The van der Waals surface area contributed by atoms with Crippen LogP contribution >= 0.6 is 0 Å². The highest BCUT2D eigenvalue weighted by Gasteiger charge is 2.26. The first-order valence-electron chi connectivity index (χ1n) is 8.05. The molecule has 24 heavy (non-hydrogen) atoms. The summed E-state index contributed by atoms with van der Waals surface area (Å²) in [5.41, 5.74) is 1.37. The number of ketones is 1. The van der Waals surface area contributed by atoms with Crippen LogP contribution in [0.4, 0.5) is 5.69 Å². The summed E-state index contributed by atoms with van der Waals surface area (Å²) < 4.78 is 0. The fourth-order valence-corrected chi connectivity index (χ4v) is 2.32. The summed E-state index contributed by atoms with van der Waals surface area (Å²) in [5.74, 6) is -1.22. The minimum absolute atomic E-state index is 0.0392. The van der Waals surface area contributed by atoms with Crippen molar-refractivity contribution < 1.29 is 19.5 Å².